The second-order valence-electron chi connectivity index (χ2n) is 5.12. The van der Waals surface area contributed by atoms with E-state index in [0.717, 1.165) is 16.7 Å². The molecule has 0 atom stereocenters. The number of carbonyl (C=O) groups excluding carboxylic acids is 2. The summed E-state index contributed by atoms with van der Waals surface area (Å²) in [6.45, 7) is 1.71. The Morgan fingerprint density at radius 1 is 0.875 bits per heavy atom. The Hall–Kier alpha value is -2.82. The van der Waals surface area contributed by atoms with E-state index in [4.69, 9.17) is 14.2 Å². The Balaban J connectivity index is 2.09. The molecule has 0 unspecified atom stereocenters. The van der Waals surface area contributed by atoms with Gasteiger partial charge in [0, 0.05) is 6.42 Å². The second-order valence-corrected chi connectivity index (χ2v) is 5.12. The summed E-state index contributed by atoms with van der Waals surface area (Å²) in [5.41, 5.74) is 2.80. The van der Waals surface area contributed by atoms with E-state index >= 15 is 0 Å². The van der Waals surface area contributed by atoms with Gasteiger partial charge in [0.05, 0.1) is 14.2 Å². The van der Waals surface area contributed by atoms with Crippen molar-refractivity contribution in [2.75, 3.05) is 14.2 Å². The number of esters is 1. The molecule has 2 rings (SSSR count). The number of methoxy groups -OCH3 is 2. The Morgan fingerprint density at radius 2 is 1.50 bits per heavy atom. The van der Waals surface area contributed by atoms with Gasteiger partial charge in [-0.05, 0) is 28.8 Å². The summed E-state index contributed by atoms with van der Waals surface area (Å²) in [6, 6.07) is 13.2. The monoisotopic (exact) mass is 328 g/mol. The highest BCUT2D eigenvalue weighted by molar-refractivity contribution is 6.33. The second kappa shape index (κ2) is 8.15. The van der Waals surface area contributed by atoms with E-state index < -0.39 is 11.8 Å². The molecule has 0 aliphatic rings. The molecule has 0 bridgehead atoms. The van der Waals surface area contributed by atoms with Gasteiger partial charge < -0.3 is 14.2 Å². The maximum atomic E-state index is 11.4. The van der Waals surface area contributed by atoms with Crippen molar-refractivity contribution >= 4 is 11.8 Å². The van der Waals surface area contributed by atoms with Crippen molar-refractivity contribution in [1.29, 1.82) is 0 Å². The molecule has 5 heteroatoms. The van der Waals surface area contributed by atoms with E-state index in [1.165, 1.54) is 0 Å². The first-order chi connectivity index (χ1) is 11.6. The fraction of sp³-hybridized carbons (Fsp3) is 0.263. The van der Waals surface area contributed by atoms with Crippen LogP contribution in [0.2, 0.25) is 0 Å². The molecule has 0 spiro atoms. The van der Waals surface area contributed by atoms with Gasteiger partial charge in [-0.25, -0.2) is 4.79 Å². The summed E-state index contributed by atoms with van der Waals surface area (Å²) in [5, 5.41) is 0. The molecule has 126 valence electrons. The average molecular weight is 328 g/mol. The van der Waals surface area contributed by atoms with Crippen LogP contribution in [0.15, 0.2) is 42.5 Å². The molecule has 0 saturated heterocycles. The molecule has 5 nitrogen and oxygen atoms in total. The molecule has 2 aromatic rings. The summed E-state index contributed by atoms with van der Waals surface area (Å²) in [5.74, 6) is 0.0230. The van der Waals surface area contributed by atoms with Crippen molar-refractivity contribution in [2.45, 2.75) is 20.0 Å². The summed E-state index contributed by atoms with van der Waals surface area (Å²) in [4.78, 5) is 22.6. The van der Waals surface area contributed by atoms with Crippen molar-refractivity contribution in [3.63, 3.8) is 0 Å². The van der Waals surface area contributed by atoms with Gasteiger partial charge in [0.1, 0.15) is 6.61 Å². The minimum Gasteiger partial charge on any atom is -0.493 e. The standard InChI is InChI=1S/C19H20O5/c1-4-16(20)19(21)24-12-13-5-7-14(8-6-13)15-9-10-17(22-2)18(11-15)23-3/h5-11H,4,12H2,1-3H3. The molecule has 0 aliphatic carbocycles. The molecule has 0 radical (unpaired) electrons. The number of benzene rings is 2. The molecule has 0 fully saturated rings. The Kier molecular flexibility index (Phi) is 5.95. The zero-order valence-corrected chi connectivity index (χ0v) is 14.0. The lowest BCUT2D eigenvalue weighted by Gasteiger charge is -2.10. The van der Waals surface area contributed by atoms with Gasteiger partial charge >= 0.3 is 5.97 Å². The fourth-order valence-corrected chi connectivity index (χ4v) is 2.18. The van der Waals surface area contributed by atoms with Crippen molar-refractivity contribution in [2.24, 2.45) is 0 Å². The van der Waals surface area contributed by atoms with Crippen LogP contribution in [0.1, 0.15) is 18.9 Å². The van der Waals surface area contributed by atoms with Crippen molar-refractivity contribution < 1.29 is 23.8 Å². The van der Waals surface area contributed by atoms with Gasteiger partial charge in [0.15, 0.2) is 11.5 Å². The molecular formula is C19H20O5. The highest BCUT2D eigenvalue weighted by Gasteiger charge is 2.12. The lowest BCUT2D eigenvalue weighted by Crippen LogP contribution is -2.15. The summed E-state index contributed by atoms with van der Waals surface area (Å²) < 4.78 is 15.5. The van der Waals surface area contributed by atoms with Crippen molar-refractivity contribution in [1.82, 2.24) is 0 Å². The van der Waals surface area contributed by atoms with Crippen molar-refractivity contribution in [3.05, 3.63) is 48.0 Å². The number of ketones is 1. The van der Waals surface area contributed by atoms with E-state index in [0.29, 0.717) is 11.5 Å². The molecule has 24 heavy (non-hydrogen) atoms. The number of ether oxygens (including phenoxy) is 3. The number of hydrogen-bond donors (Lipinski definition) is 0. The SMILES string of the molecule is CCC(=O)C(=O)OCc1ccc(-c2ccc(OC)c(OC)c2)cc1. The van der Waals surface area contributed by atoms with Crippen LogP contribution in [0.25, 0.3) is 11.1 Å². The van der Waals surface area contributed by atoms with E-state index in [-0.39, 0.29) is 13.0 Å². The average Bonchev–Trinajstić information content (AvgIpc) is 2.65. The predicted molar refractivity (Wildman–Crippen MR) is 90.1 cm³/mol. The largest absolute Gasteiger partial charge is 0.493 e. The summed E-state index contributed by atoms with van der Waals surface area (Å²) in [7, 11) is 3.19. The Labute approximate surface area is 141 Å². The van der Waals surface area contributed by atoms with Gasteiger partial charge in [0.25, 0.3) is 0 Å². The third kappa shape index (κ3) is 4.13. The smallest absolute Gasteiger partial charge is 0.374 e. The third-order valence-electron chi connectivity index (χ3n) is 3.59. The molecule has 0 N–H and O–H groups in total. The lowest BCUT2D eigenvalue weighted by molar-refractivity contribution is -0.154. The van der Waals surface area contributed by atoms with E-state index in [1.807, 2.05) is 42.5 Å². The number of hydrogen-bond acceptors (Lipinski definition) is 5. The molecule has 0 heterocycles. The van der Waals surface area contributed by atoms with Crippen LogP contribution >= 0.6 is 0 Å². The highest BCUT2D eigenvalue weighted by Crippen LogP contribution is 2.32. The van der Waals surface area contributed by atoms with Crippen LogP contribution in [-0.2, 0) is 20.9 Å². The predicted octanol–water partition coefficient (Wildman–Crippen LogP) is 3.39. The summed E-state index contributed by atoms with van der Waals surface area (Å²) >= 11 is 0. The fourth-order valence-electron chi connectivity index (χ4n) is 2.18. The topological polar surface area (TPSA) is 61.8 Å². The van der Waals surface area contributed by atoms with E-state index in [9.17, 15) is 9.59 Å². The van der Waals surface area contributed by atoms with Crippen LogP contribution < -0.4 is 9.47 Å². The van der Waals surface area contributed by atoms with Crippen molar-refractivity contribution in [3.8, 4) is 22.6 Å². The maximum absolute atomic E-state index is 11.4. The van der Waals surface area contributed by atoms with Gasteiger partial charge in [-0.1, -0.05) is 37.3 Å². The van der Waals surface area contributed by atoms with Gasteiger partial charge in [-0.2, -0.15) is 0 Å². The molecule has 0 aromatic heterocycles. The lowest BCUT2D eigenvalue weighted by atomic mass is 10.0. The van der Waals surface area contributed by atoms with Crippen LogP contribution in [0.4, 0.5) is 0 Å². The van der Waals surface area contributed by atoms with E-state index in [2.05, 4.69) is 0 Å². The number of Topliss-reactive ketones (excluding diaryl/α,β-unsaturated/α-hetero) is 1. The molecule has 2 aromatic carbocycles. The van der Waals surface area contributed by atoms with Gasteiger partial charge in [-0.15, -0.1) is 0 Å². The number of carbonyl (C=O) groups is 2. The first-order valence-electron chi connectivity index (χ1n) is 7.60. The molecular weight excluding hydrogens is 308 g/mol. The Morgan fingerprint density at radius 3 is 2.08 bits per heavy atom. The van der Waals surface area contributed by atoms with Crippen LogP contribution in [-0.4, -0.2) is 26.0 Å². The first-order valence-corrected chi connectivity index (χ1v) is 7.60. The van der Waals surface area contributed by atoms with Crippen LogP contribution in [0.5, 0.6) is 11.5 Å². The maximum Gasteiger partial charge on any atom is 0.374 e. The zero-order chi connectivity index (χ0) is 17.5. The minimum atomic E-state index is -0.790. The van der Waals surface area contributed by atoms with Crippen LogP contribution in [0, 0.1) is 0 Å². The molecule has 0 aliphatic heterocycles. The van der Waals surface area contributed by atoms with E-state index in [1.54, 1.807) is 21.1 Å². The first kappa shape index (κ1) is 17.5. The molecule has 0 saturated carbocycles. The quantitative estimate of drug-likeness (QED) is 0.576. The zero-order valence-electron chi connectivity index (χ0n) is 14.0. The van der Waals surface area contributed by atoms with Crippen LogP contribution in [0.3, 0.4) is 0 Å². The minimum absolute atomic E-state index is 0.0801. The highest BCUT2D eigenvalue weighted by atomic mass is 16.5. The molecule has 0 amide bonds. The Bertz CT molecular complexity index is 719. The number of rotatable bonds is 7. The van der Waals surface area contributed by atoms with Gasteiger partial charge in [0.2, 0.25) is 5.78 Å². The summed E-state index contributed by atoms with van der Waals surface area (Å²) in [6.07, 6.45) is 0.150. The third-order valence-corrected chi connectivity index (χ3v) is 3.59. The van der Waals surface area contributed by atoms with Gasteiger partial charge in [-0.3, -0.25) is 4.79 Å². The normalized spacial score (nSPS) is 10.1.